The van der Waals surface area contributed by atoms with E-state index in [1.165, 1.54) is 38.1 Å². The number of rotatable bonds is 38. The number of carbonyl (C=O) groups is 10. The fourth-order valence-electron chi connectivity index (χ4n) is 16.0. The maximum atomic E-state index is 18.0. The molecule has 110 heavy (non-hydrogen) atoms. The van der Waals surface area contributed by atoms with Crippen LogP contribution < -0.4 is 37.2 Å². The predicted octanol–water partition coefficient (Wildman–Crippen LogP) is 7.57. The van der Waals surface area contributed by atoms with Crippen LogP contribution in [0.25, 0.3) is 11.6 Å². The van der Waals surface area contributed by atoms with E-state index in [1.54, 1.807) is 49.9 Å². The molecule has 2 aliphatic heterocycles. The molecule has 6 aliphatic rings. The van der Waals surface area contributed by atoms with E-state index in [4.69, 9.17) is 43.6 Å². The van der Waals surface area contributed by atoms with Crippen molar-refractivity contribution in [1.29, 1.82) is 0 Å². The van der Waals surface area contributed by atoms with Crippen LogP contribution in [0.4, 0.5) is 34.5 Å². The minimum absolute atomic E-state index is 0.0238. The molecule has 1 saturated heterocycles. The van der Waals surface area contributed by atoms with Crippen LogP contribution >= 0.6 is 0 Å². The highest BCUT2D eigenvalue weighted by molar-refractivity contribution is 6.02. The number of benzene rings is 3. The first-order chi connectivity index (χ1) is 52.5. The van der Waals surface area contributed by atoms with E-state index in [-0.39, 0.29) is 135 Å². The molecule has 0 aromatic heterocycles. The number of aliphatic hydroxyl groups excluding tert-OH is 1. The number of allylic oxidation sites excluding steroid dienone is 5. The Morgan fingerprint density at radius 1 is 0.755 bits per heavy atom. The number of primary amides is 1. The zero-order valence-electron chi connectivity index (χ0n) is 64.1. The van der Waals surface area contributed by atoms with Gasteiger partial charge in [0.05, 0.1) is 77.3 Å². The maximum absolute atomic E-state index is 18.0. The number of fused-ring (bicyclic) bond motifs is 9. The van der Waals surface area contributed by atoms with Crippen LogP contribution in [-0.2, 0) is 84.6 Å². The number of alkyl halides is 2. The number of nitrogens with two attached hydrogens (primary N) is 1. The number of para-hydroxylation sites is 1. The third-order valence-corrected chi connectivity index (χ3v) is 21.9. The summed E-state index contributed by atoms with van der Waals surface area (Å²) in [6.45, 7) is 12.3. The minimum atomic E-state index is -2.40. The number of nitrogens with one attached hydrogen (secondary N) is 5. The fraction of sp³-hybridized carbons (Fsp3) is 0.575. The summed E-state index contributed by atoms with van der Waals surface area (Å²) in [5.74, 6) is -5.41. The predicted molar refractivity (Wildman–Crippen MR) is 402 cm³/mol. The van der Waals surface area contributed by atoms with Crippen LogP contribution in [0.15, 0.2) is 96.6 Å². The van der Waals surface area contributed by atoms with Crippen LogP contribution in [-0.4, -0.2) is 222 Å². The molecular weight excluding hydrogens is 1430 g/mol. The van der Waals surface area contributed by atoms with Gasteiger partial charge in [-0.2, -0.15) is 0 Å². The molecule has 0 radical (unpaired) electrons. The monoisotopic (exact) mass is 1540 g/mol. The Labute approximate surface area is 640 Å². The topological polar surface area (TPSA) is 361 Å². The number of hydrogen-bond donors (Lipinski definition) is 7. The van der Waals surface area contributed by atoms with Crippen LogP contribution in [0.5, 0.6) is 0 Å². The van der Waals surface area contributed by atoms with Crippen molar-refractivity contribution in [2.24, 2.45) is 34.3 Å². The standard InChI is InChI=1S/C80H107F2N9O19/c1-9-15-70-109-66-45-58-59-44-61(81)60-43-56(92)27-29-77(60,5)79(59,82)64(93)46-78(58,6)80(66,110-70)65(94)49-108-76(102)90(8)33-32-89(7)75(101)107-48-52-21-23-55(24-22-52)86-72(98)62(19-14-30-85-74(83)100)87-73(99)71(50(2)3)88-68(96)28-34-103-36-38-105-40-41-106-39-37-104-35-31-84-67(95)25-26-69(97)91-47-54-17-10-12-18-57(54)51(4)42-53-16-11-13-20-63(53)91/h10-13,16-18,20-24,27,29,42-43,50,58-59,61-62,64,66,70-71,93H,9,14-15,19,25-26,28,30-41,44-49H2,1-8H3,(H,84,95)(H,86,98)(H,87,99)(H,88,96)(H3,83,85,100)/t58-,59-,61-,62-,64-,66+,70?,71-,77-,78-,79-,80+/m0/s1. The summed E-state index contributed by atoms with van der Waals surface area (Å²) >= 11 is 0. The lowest BCUT2D eigenvalue weighted by Gasteiger charge is -2.63. The molecule has 2 heterocycles. The molecule has 3 saturated carbocycles. The third-order valence-electron chi connectivity index (χ3n) is 21.9. The van der Waals surface area contributed by atoms with E-state index in [0.717, 1.165) is 38.9 Å². The van der Waals surface area contributed by atoms with Crippen molar-refractivity contribution in [3.05, 3.63) is 119 Å². The van der Waals surface area contributed by atoms with Gasteiger partial charge in [-0.1, -0.05) is 94.8 Å². The summed E-state index contributed by atoms with van der Waals surface area (Å²) in [5, 5.41) is 25.5. The minimum Gasteiger partial charge on any atom is -0.445 e. The zero-order chi connectivity index (χ0) is 79.5. The molecule has 9 amide bonds. The molecule has 4 aliphatic carbocycles. The van der Waals surface area contributed by atoms with Gasteiger partial charge in [-0.3, -0.25) is 33.6 Å². The molecule has 3 aromatic carbocycles. The Morgan fingerprint density at radius 2 is 1.41 bits per heavy atom. The maximum Gasteiger partial charge on any atom is 0.409 e. The van der Waals surface area contributed by atoms with Gasteiger partial charge in [0.2, 0.25) is 35.3 Å². The van der Waals surface area contributed by atoms with Crippen molar-refractivity contribution in [1.82, 2.24) is 31.1 Å². The summed E-state index contributed by atoms with van der Waals surface area (Å²) < 4.78 is 80.5. The Morgan fingerprint density at radius 3 is 2.09 bits per heavy atom. The van der Waals surface area contributed by atoms with Crippen LogP contribution in [0, 0.1) is 28.6 Å². The van der Waals surface area contributed by atoms with Gasteiger partial charge in [0, 0.05) is 82.0 Å². The van der Waals surface area contributed by atoms with E-state index in [9.17, 15) is 53.1 Å². The lowest BCUT2D eigenvalue weighted by atomic mass is 9.44. The number of ether oxygens (including phenoxy) is 8. The number of likely N-dealkylation sites (N-methyl/N-ethyl adjacent to an activating group) is 2. The van der Waals surface area contributed by atoms with Crippen molar-refractivity contribution in [2.45, 2.75) is 167 Å². The Balaban J connectivity index is 0.631. The Kier molecular flexibility index (Phi) is 29.9. The molecule has 600 valence electrons. The molecule has 4 fully saturated rings. The molecule has 1 unspecified atom stereocenters. The summed E-state index contributed by atoms with van der Waals surface area (Å²) in [6, 6.07) is 19.2. The van der Waals surface area contributed by atoms with Gasteiger partial charge < -0.3 is 90.0 Å². The first kappa shape index (κ1) is 85.0. The number of nitrogens with zero attached hydrogens (tertiary/aromatic N) is 3. The van der Waals surface area contributed by atoms with Crippen molar-refractivity contribution in [2.75, 3.05) is 110 Å². The smallest absolute Gasteiger partial charge is 0.409 e. The molecule has 0 bridgehead atoms. The molecule has 12 atom stereocenters. The average Bonchev–Trinajstić information content (AvgIpc) is 1.30. The number of aliphatic hydroxyl groups is 1. The number of urea groups is 1. The van der Waals surface area contributed by atoms with Gasteiger partial charge in [-0.05, 0) is 134 Å². The van der Waals surface area contributed by atoms with E-state index in [1.807, 2.05) is 49.4 Å². The lowest BCUT2D eigenvalue weighted by molar-refractivity contribution is -0.234. The largest absolute Gasteiger partial charge is 0.445 e. The fourth-order valence-corrected chi connectivity index (χ4v) is 16.0. The normalized spacial score (nSPS) is 24.7. The molecule has 9 rings (SSSR count). The van der Waals surface area contributed by atoms with Gasteiger partial charge >= 0.3 is 18.2 Å². The molecule has 0 spiro atoms. The summed E-state index contributed by atoms with van der Waals surface area (Å²) in [7, 11) is 2.87. The van der Waals surface area contributed by atoms with E-state index in [2.05, 4.69) is 45.7 Å². The van der Waals surface area contributed by atoms with Gasteiger partial charge in [0.15, 0.2) is 29.9 Å². The summed E-state index contributed by atoms with van der Waals surface area (Å²) in [5.41, 5.74) is 3.96. The molecule has 30 heteroatoms. The highest BCUT2D eigenvalue weighted by Gasteiger charge is 2.80. The number of anilines is 2. The number of amides is 9. The molecular formula is C80H107F2N9O19. The van der Waals surface area contributed by atoms with E-state index in [0.29, 0.717) is 50.5 Å². The van der Waals surface area contributed by atoms with E-state index < -0.39 is 131 Å². The second-order valence-corrected chi connectivity index (χ2v) is 29.7. The van der Waals surface area contributed by atoms with Crippen molar-refractivity contribution in [3.63, 3.8) is 0 Å². The Bertz CT molecular complexity index is 3880. The van der Waals surface area contributed by atoms with E-state index >= 15 is 8.78 Å². The molecule has 3 aromatic rings. The molecule has 28 nitrogen and oxygen atoms in total. The number of carbonyl (C=O) groups excluding carboxylic acids is 10. The van der Waals surface area contributed by atoms with Gasteiger partial charge in [0.1, 0.15) is 24.9 Å². The first-order valence-corrected chi connectivity index (χ1v) is 37.9. The Hall–Kier alpha value is -9.04. The quantitative estimate of drug-likeness (QED) is 0.0272. The number of Topliss-reactive ketones (excluding diaryl/α,β-unsaturated/α-hetero) is 1. The number of ketones is 2. The second kappa shape index (κ2) is 38.7. The zero-order valence-corrected chi connectivity index (χ0v) is 64.1. The first-order valence-electron chi connectivity index (χ1n) is 37.9. The van der Waals surface area contributed by atoms with Crippen LogP contribution in [0.1, 0.15) is 128 Å². The van der Waals surface area contributed by atoms with Crippen molar-refractivity contribution in [3.8, 4) is 0 Å². The lowest BCUT2D eigenvalue weighted by Crippen LogP contribution is -2.71. The number of halogens is 2. The second-order valence-electron chi connectivity index (χ2n) is 29.7. The van der Waals surface area contributed by atoms with Crippen molar-refractivity contribution >= 4 is 82.3 Å². The van der Waals surface area contributed by atoms with Crippen LogP contribution in [0.2, 0.25) is 0 Å². The van der Waals surface area contributed by atoms with Gasteiger partial charge in [0.25, 0.3) is 0 Å². The van der Waals surface area contributed by atoms with Crippen molar-refractivity contribution < 1.29 is 99.7 Å². The highest BCUT2D eigenvalue weighted by Crippen LogP contribution is 2.72. The van der Waals surface area contributed by atoms with Gasteiger partial charge in [-0.15, -0.1) is 0 Å². The number of hydrogen-bond acceptors (Lipinski definition) is 19. The molecule has 8 N–H and O–H groups in total. The van der Waals surface area contributed by atoms with Gasteiger partial charge in [-0.25, -0.2) is 23.2 Å². The highest BCUT2D eigenvalue weighted by atomic mass is 19.1. The SMILES string of the molecule is CCCC1O[C@@H]2C[C@H]3[C@@H]4C[C@H](F)C5=CC(=O)C=C[C@]5(C)[C@@]4(F)[C@@H](O)C[C@]3(C)[C@]2(C(=O)COC(=O)N(C)CCN(C)C(=O)OCc2ccc(NC(=O)[C@H](CCCNC(N)=O)NC(=O)[C@@H](NC(=O)CCOCCOCCOCCOCCNC(=O)CCC(=O)N3Cc4ccccc4C(C)=Cc4ccccc43)C(C)C)cc2)O1. The van der Waals surface area contributed by atoms with Crippen LogP contribution in [0.3, 0.4) is 0 Å². The average molecular weight is 1540 g/mol. The summed E-state index contributed by atoms with van der Waals surface area (Å²) in [4.78, 5) is 136. The third kappa shape index (κ3) is 20.2. The summed E-state index contributed by atoms with van der Waals surface area (Å²) in [6.07, 6.45) is -0.149.